The van der Waals surface area contributed by atoms with Crippen molar-refractivity contribution in [2.45, 2.75) is 37.9 Å². The molecule has 10 heteroatoms. The fourth-order valence-electron chi connectivity index (χ4n) is 5.34. The molecule has 1 aromatic heterocycles. The number of hydrogen-bond donors (Lipinski definition) is 2. The number of benzene rings is 1. The first-order chi connectivity index (χ1) is 16.8. The van der Waals surface area contributed by atoms with Gasteiger partial charge in [-0.25, -0.2) is 9.18 Å². The number of hydrogen-bond acceptors (Lipinski definition) is 7. The fourth-order valence-corrected chi connectivity index (χ4v) is 5.34. The molecule has 0 saturated carbocycles. The standard InChI is InChI=1S/C25H27FN4O5/c1-4-20(33)28-9-14(3)29(10-13(28)2)24-17-8-16(21-18(26)6-5-7-19(21)32)23-22(17)30(25(34)27-24)15(11-31)12-35-23/h4-8,13-16,31-32H,1,9-12H2,2-3H3/t13-,14+,15-,16?/m1/s1. The smallest absolute Gasteiger partial charge is 0.350 e. The molecular weight excluding hydrogens is 455 g/mol. The first-order valence-corrected chi connectivity index (χ1v) is 11.6. The lowest BCUT2D eigenvalue weighted by molar-refractivity contribution is -0.128. The van der Waals surface area contributed by atoms with Gasteiger partial charge >= 0.3 is 5.69 Å². The van der Waals surface area contributed by atoms with E-state index in [-0.39, 0.29) is 42.5 Å². The molecule has 1 aromatic carbocycles. The van der Waals surface area contributed by atoms with Crippen LogP contribution in [0.5, 0.6) is 5.75 Å². The molecule has 0 bridgehead atoms. The third-order valence-electron chi connectivity index (χ3n) is 7.06. The monoisotopic (exact) mass is 482 g/mol. The summed E-state index contributed by atoms with van der Waals surface area (Å²) in [5, 5.41) is 21.4. The van der Waals surface area contributed by atoms with E-state index in [9.17, 15) is 24.2 Å². The number of aromatic nitrogens is 2. The van der Waals surface area contributed by atoms with Crippen molar-refractivity contribution in [2.24, 2.45) is 0 Å². The number of halogens is 1. The maximum atomic E-state index is 14.9. The predicted molar refractivity (Wildman–Crippen MR) is 127 cm³/mol. The first-order valence-electron chi connectivity index (χ1n) is 11.6. The average Bonchev–Trinajstić information content (AvgIpc) is 3.21. The van der Waals surface area contributed by atoms with Crippen molar-refractivity contribution in [3.63, 3.8) is 0 Å². The number of rotatable bonds is 4. The van der Waals surface area contributed by atoms with E-state index in [1.807, 2.05) is 18.7 Å². The quantitative estimate of drug-likeness (QED) is 0.589. The fraction of sp³-hybridized carbons (Fsp3) is 0.400. The molecule has 3 aliphatic rings. The molecule has 2 aliphatic heterocycles. The number of piperazine rings is 1. The molecule has 4 atom stereocenters. The van der Waals surface area contributed by atoms with Crippen LogP contribution in [0.25, 0.3) is 11.8 Å². The number of carbonyl (C=O) groups is 1. The highest BCUT2D eigenvalue weighted by Crippen LogP contribution is 2.38. The summed E-state index contributed by atoms with van der Waals surface area (Å²) in [5.74, 6) is -1.00. The number of amides is 1. The van der Waals surface area contributed by atoms with Gasteiger partial charge in [-0.3, -0.25) is 9.36 Å². The second kappa shape index (κ2) is 8.53. The minimum Gasteiger partial charge on any atom is -0.508 e. The van der Waals surface area contributed by atoms with Gasteiger partial charge in [-0.05, 0) is 32.1 Å². The molecule has 2 aromatic rings. The van der Waals surface area contributed by atoms with Crippen molar-refractivity contribution < 1.29 is 24.1 Å². The molecule has 1 aliphatic carbocycles. The van der Waals surface area contributed by atoms with Gasteiger partial charge in [0, 0.05) is 36.0 Å². The zero-order valence-corrected chi connectivity index (χ0v) is 19.5. The number of phenols is 1. The minimum absolute atomic E-state index is 0.0224. The van der Waals surface area contributed by atoms with E-state index < -0.39 is 23.5 Å². The van der Waals surface area contributed by atoms with Gasteiger partial charge in [-0.2, -0.15) is 4.98 Å². The van der Waals surface area contributed by atoms with Crippen LogP contribution in [0.4, 0.5) is 10.2 Å². The van der Waals surface area contributed by atoms with Crippen molar-refractivity contribution in [2.75, 3.05) is 31.2 Å². The molecular formula is C25H27FN4O5. The number of aliphatic hydroxyl groups is 1. The van der Waals surface area contributed by atoms with Crippen molar-refractivity contribution in [3.05, 3.63) is 63.3 Å². The van der Waals surface area contributed by atoms with Crippen LogP contribution in [-0.2, 0) is 9.53 Å². The minimum atomic E-state index is -0.768. The van der Waals surface area contributed by atoms with Crippen molar-refractivity contribution in [1.29, 1.82) is 0 Å². The van der Waals surface area contributed by atoms with E-state index in [4.69, 9.17) is 4.74 Å². The van der Waals surface area contributed by atoms with Crippen LogP contribution >= 0.6 is 0 Å². The summed E-state index contributed by atoms with van der Waals surface area (Å²) >= 11 is 0. The zero-order valence-electron chi connectivity index (χ0n) is 19.5. The molecule has 1 amide bonds. The van der Waals surface area contributed by atoms with Crippen LogP contribution in [0.3, 0.4) is 0 Å². The molecule has 2 N–H and O–H groups in total. The van der Waals surface area contributed by atoms with Crippen LogP contribution < -0.4 is 21.2 Å². The van der Waals surface area contributed by atoms with Gasteiger partial charge in [0.05, 0.1) is 23.9 Å². The second-order valence-corrected chi connectivity index (χ2v) is 9.22. The van der Waals surface area contributed by atoms with E-state index in [0.29, 0.717) is 35.2 Å². The van der Waals surface area contributed by atoms with Gasteiger partial charge in [-0.15, -0.1) is 0 Å². The number of ether oxygens (including phenoxy) is 1. The van der Waals surface area contributed by atoms with Crippen LogP contribution in [0.1, 0.15) is 31.4 Å². The Hall–Kier alpha value is -3.66. The van der Waals surface area contributed by atoms with Gasteiger partial charge in [-0.1, -0.05) is 18.7 Å². The molecule has 0 spiro atoms. The highest BCUT2D eigenvalue weighted by Gasteiger charge is 2.38. The number of carbonyl (C=O) groups excluding carboxylic acids is 1. The van der Waals surface area contributed by atoms with Crippen LogP contribution in [0.2, 0.25) is 0 Å². The van der Waals surface area contributed by atoms with Crippen molar-refractivity contribution in [1.82, 2.24) is 14.5 Å². The molecule has 0 radical (unpaired) electrons. The Balaban J connectivity index is 1.72. The summed E-state index contributed by atoms with van der Waals surface area (Å²) < 4.78 is 22.2. The zero-order chi connectivity index (χ0) is 25.0. The molecule has 184 valence electrons. The lowest BCUT2D eigenvalue weighted by Crippen LogP contribution is -2.61. The van der Waals surface area contributed by atoms with Crippen molar-refractivity contribution >= 4 is 23.6 Å². The normalized spacial score (nSPS) is 25.1. The Morgan fingerprint density at radius 3 is 2.77 bits per heavy atom. The molecule has 5 rings (SSSR count). The number of nitrogens with zero attached hydrogens (tertiary/aromatic N) is 4. The first kappa shape index (κ1) is 23.1. The average molecular weight is 483 g/mol. The number of phenolic OH excluding ortho intramolecular Hbond substituents is 1. The summed E-state index contributed by atoms with van der Waals surface area (Å²) in [6.07, 6.45) is 3.04. The highest BCUT2D eigenvalue weighted by atomic mass is 19.1. The molecule has 1 unspecified atom stereocenters. The maximum Gasteiger partial charge on any atom is 0.350 e. The summed E-state index contributed by atoms with van der Waals surface area (Å²) in [6, 6.07) is 3.11. The lowest BCUT2D eigenvalue weighted by Gasteiger charge is -2.44. The van der Waals surface area contributed by atoms with Crippen LogP contribution in [0, 0.1) is 5.82 Å². The van der Waals surface area contributed by atoms with Gasteiger partial charge in [0.1, 0.15) is 29.8 Å². The molecule has 3 heterocycles. The summed E-state index contributed by atoms with van der Waals surface area (Å²) in [6.45, 7) is 7.96. The van der Waals surface area contributed by atoms with Crippen LogP contribution in [-0.4, -0.2) is 69.0 Å². The molecule has 9 nitrogen and oxygen atoms in total. The number of aliphatic hydroxyl groups excluding tert-OH is 1. The maximum absolute atomic E-state index is 14.9. The lowest BCUT2D eigenvalue weighted by atomic mass is 9.97. The number of aromatic hydroxyl groups is 1. The van der Waals surface area contributed by atoms with Gasteiger partial charge in [0.2, 0.25) is 5.91 Å². The predicted octanol–water partition coefficient (Wildman–Crippen LogP) is -0.0507. The van der Waals surface area contributed by atoms with E-state index in [1.54, 1.807) is 11.0 Å². The SMILES string of the molecule is C=CC(=O)N1C[C@H](C)N(c2nc(=O)n3c4c2=CC(c2c(O)cccc2F)C=4OC[C@H]3CO)C[C@H]1C. The van der Waals surface area contributed by atoms with Gasteiger partial charge in [0.25, 0.3) is 0 Å². The highest BCUT2D eigenvalue weighted by molar-refractivity contribution is 5.87. The second-order valence-electron chi connectivity index (χ2n) is 9.22. The molecule has 1 saturated heterocycles. The Kier molecular flexibility index (Phi) is 5.63. The van der Waals surface area contributed by atoms with E-state index in [2.05, 4.69) is 11.6 Å². The van der Waals surface area contributed by atoms with E-state index in [1.165, 1.54) is 28.8 Å². The Labute approximate surface area is 200 Å². The number of anilines is 1. The van der Waals surface area contributed by atoms with Gasteiger partial charge < -0.3 is 24.7 Å². The van der Waals surface area contributed by atoms with E-state index >= 15 is 0 Å². The van der Waals surface area contributed by atoms with E-state index in [0.717, 1.165) is 0 Å². The largest absolute Gasteiger partial charge is 0.508 e. The molecule has 1 fully saturated rings. The third-order valence-corrected chi connectivity index (χ3v) is 7.06. The van der Waals surface area contributed by atoms with Crippen LogP contribution in [0.15, 0.2) is 35.6 Å². The Bertz CT molecular complexity index is 1380. The summed E-state index contributed by atoms with van der Waals surface area (Å²) in [4.78, 5) is 33.6. The Morgan fingerprint density at radius 1 is 1.31 bits per heavy atom. The topological polar surface area (TPSA) is 108 Å². The summed E-state index contributed by atoms with van der Waals surface area (Å²) in [7, 11) is 0. The van der Waals surface area contributed by atoms with Gasteiger partial charge in [0.15, 0.2) is 0 Å². The van der Waals surface area contributed by atoms with Crippen molar-refractivity contribution in [3.8, 4) is 5.75 Å². The third kappa shape index (κ3) is 3.51. The Morgan fingerprint density at radius 2 is 2.09 bits per heavy atom. The molecule has 35 heavy (non-hydrogen) atoms. The summed E-state index contributed by atoms with van der Waals surface area (Å²) in [5.41, 5.74) is -0.497.